The van der Waals surface area contributed by atoms with Crippen molar-refractivity contribution in [2.45, 2.75) is 19.8 Å². The lowest BCUT2D eigenvalue weighted by molar-refractivity contribution is 1.01. The van der Waals surface area contributed by atoms with E-state index in [-0.39, 0.29) is 11.9 Å². The highest BCUT2D eigenvalue weighted by molar-refractivity contribution is 5.95. The van der Waals surface area contributed by atoms with E-state index in [1.165, 1.54) is 0 Å². The van der Waals surface area contributed by atoms with Crippen LogP contribution in [0.4, 0.5) is 0 Å². The highest BCUT2D eigenvalue weighted by atomic mass is 15.1. The van der Waals surface area contributed by atoms with Gasteiger partial charge in [-0.1, -0.05) is 13.3 Å². The quantitative estimate of drug-likeness (QED) is 0.388. The van der Waals surface area contributed by atoms with E-state index in [9.17, 15) is 0 Å². The van der Waals surface area contributed by atoms with Gasteiger partial charge in [0.2, 0.25) is 5.96 Å². The number of hydrogen-bond acceptors (Lipinski definition) is 1. The third-order valence-electron chi connectivity index (χ3n) is 0.866. The van der Waals surface area contributed by atoms with Crippen molar-refractivity contribution in [2.75, 3.05) is 0 Å². The number of unbranched alkanes of at least 4 members (excludes halogenated alkanes) is 1. The summed E-state index contributed by atoms with van der Waals surface area (Å²) < 4.78 is 0. The van der Waals surface area contributed by atoms with E-state index < -0.39 is 0 Å². The van der Waals surface area contributed by atoms with E-state index in [4.69, 9.17) is 16.9 Å². The number of rotatable bonds is 2. The van der Waals surface area contributed by atoms with Gasteiger partial charge in [-0.3, -0.25) is 5.41 Å². The normalized spacial score (nSPS) is 9.91. The molecule has 5 heteroatoms. The Hall–Kier alpha value is -1.39. The van der Waals surface area contributed by atoms with Gasteiger partial charge < -0.3 is 11.5 Å². The van der Waals surface area contributed by atoms with Crippen LogP contribution in [0.15, 0.2) is 9.98 Å². The molecule has 0 bridgehead atoms. The fraction of sp³-hybridized carbons (Fsp3) is 0.500. The molecule has 0 aliphatic carbocycles. The summed E-state index contributed by atoms with van der Waals surface area (Å²) >= 11 is 0. The molecular formula is C6H13N5. The number of nitrogens with one attached hydrogen (secondary N) is 1. The molecule has 0 unspecified atom stereocenters. The number of nitrogens with zero attached hydrogens (tertiary/aromatic N) is 2. The minimum absolute atomic E-state index is 0.136. The van der Waals surface area contributed by atoms with Gasteiger partial charge in [-0.15, -0.1) is 0 Å². The summed E-state index contributed by atoms with van der Waals surface area (Å²) in [7, 11) is 0. The zero-order chi connectivity index (χ0) is 8.69. The Morgan fingerprint density at radius 1 is 1.55 bits per heavy atom. The summed E-state index contributed by atoms with van der Waals surface area (Å²) in [5, 5.41) is 7.05. The third kappa shape index (κ3) is 6.50. The monoisotopic (exact) mass is 155 g/mol. The van der Waals surface area contributed by atoms with Crippen LogP contribution in [-0.2, 0) is 0 Å². The van der Waals surface area contributed by atoms with Crippen LogP contribution in [0.5, 0.6) is 0 Å². The Bertz CT molecular complexity index is 177. The van der Waals surface area contributed by atoms with Crippen molar-refractivity contribution in [3.63, 3.8) is 0 Å². The van der Waals surface area contributed by atoms with E-state index in [1.54, 1.807) is 6.21 Å². The van der Waals surface area contributed by atoms with Crippen LogP contribution < -0.4 is 11.5 Å². The molecule has 0 aromatic heterocycles. The van der Waals surface area contributed by atoms with Crippen molar-refractivity contribution in [1.82, 2.24) is 0 Å². The summed E-state index contributed by atoms with van der Waals surface area (Å²) in [4.78, 5) is 7.07. The largest absolute Gasteiger partial charge is 0.370 e. The lowest BCUT2D eigenvalue weighted by Gasteiger charge is -1.88. The van der Waals surface area contributed by atoms with Gasteiger partial charge in [-0.2, -0.15) is 4.99 Å². The zero-order valence-electron chi connectivity index (χ0n) is 6.54. The lowest BCUT2D eigenvalue weighted by atomic mass is 10.4. The minimum atomic E-state index is -0.154. The van der Waals surface area contributed by atoms with E-state index in [0.717, 1.165) is 12.8 Å². The van der Waals surface area contributed by atoms with Gasteiger partial charge in [0.15, 0.2) is 5.96 Å². The highest BCUT2D eigenvalue weighted by Gasteiger charge is 1.86. The Kier molecular flexibility index (Phi) is 4.72. The van der Waals surface area contributed by atoms with Crippen molar-refractivity contribution < 1.29 is 0 Å². The number of nitrogens with two attached hydrogens (primary N) is 2. The van der Waals surface area contributed by atoms with Gasteiger partial charge in [0.05, 0.1) is 0 Å². The standard InChI is InChI=1S/C6H13N5/c1-2-3-4-10-6(9)11-5(7)8/h4H,2-3H2,1H3,(H5,7,8,9,11). The average molecular weight is 155 g/mol. The second kappa shape index (κ2) is 5.40. The van der Waals surface area contributed by atoms with Gasteiger partial charge in [0, 0.05) is 6.21 Å². The fourth-order valence-electron chi connectivity index (χ4n) is 0.431. The molecule has 0 heterocycles. The molecule has 0 saturated heterocycles. The van der Waals surface area contributed by atoms with Crippen molar-refractivity contribution >= 4 is 18.1 Å². The molecule has 11 heavy (non-hydrogen) atoms. The van der Waals surface area contributed by atoms with Crippen LogP contribution in [0.1, 0.15) is 19.8 Å². The first kappa shape index (κ1) is 9.61. The average Bonchev–Trinajstić information content (AvgIpc) is 1.86. The van der Waals surface area contributed by atoms with Crippen LogP contribution in [0.25, 0.3) is 0 Å². The van der Waals surface area contributed by atoms with Gasteiger partial charge in [0.1, 0.15) is 0 Å². The second-order valence-corrected chi connectivity index (χ2v) is 1.96. The minimum Gasteiger partial charge on any atom is -0.370 e. The first-order valence-electron chi connectivity index (χ1n) is 3.37. The van der Waals surface area contributed by atoms with Crippen LogP contribution >= 0.6 is 0 Å². The van der Waals surface area contributed by atoms with E-state index in [0.29, 0.717) is 0 Å². The smallest absolute Gasteiger partial charge is 0.244 e. The third-order valence-corrected chi connectivity index (χ3v) is 0.866. The van der Waals surface area contributed by atoms with Crippen molar-refractivity contribution in [2.24, 2.45) is 21.5 Å². The maximum atomic E-state index is 7.05. The SMILES string of the molecule is CCCC=NC(=N)N=C(N)N. The Morgan fingerprint density at radius 2 is 2.18 bits per heavy atom. The lowest BCUT2D eigenvalue weighted by Crippen LogP contribution is -2.23. The number of hydrogen-bond donors (Lipinski definition) is 3. The Labute approximate surface area is 65.7 Å². The maximum absolute atomic E-state index is 7.05. The predicted molar refractivity (Wildman–Crippen MR) is 46.9 cm³/mol. The molecule has 5 nitrogen and oxygen atoms in total. The van der Waals surface area contributed by atoms with Crippen LogP contribution in [0, 0.1) is 5.41 Å². The molecule has 0 radical (unpaired) electrons. The van der Waals surface area contributed by atoms with Crippen LogP contribution in [0.3, 0.4) is 0 Å². The molecule has 5 N–H and O–H groups in total. The van der Waals surface area contributed by atoms with E-state index in [1.807, 2.05) is 6.92 Å². The topological polar surface area (TPSA) is 101 Å². The van der Waals surface area contributed by atoms with Crippen molar-refractivity contribution in [3.8, 4) is 0 Å². The Morgan fingerprint density at radius 3 is 2.64 bits per heavy atom. The van der Waals surface area contributed by atoms with E-state index >= 15 is 0 Å². The summed E-state index contributed by atoms with van der Waals surface area (Å²) in [6, 6.07) is 0. The molecule has 0 aromatic carbocycles. The first-order valence-corrected chi connectivity index (χ1v) is 3.37. The summed E-state index contributed by atoms with van der Waals surface area (Å²) in [6.07, 6.45) is 3.45. The molecule has 0 fully saturated rings. The second-order valence-electron chi connectivity index (χ2n) is 1.96. The molecule has 0 aromatic rings. The van der Waals surface area contributed by atoms with Crippen LogP contribution in [0.2, 0.25) is 0 Å². The molecule has 0 aliphatic heterocycles. The van der Waals surface area contributed by atoms with E-state index in [2.05, 4.69) is 9.98 Å². The van der Waals surface area contributed by atoms with Gasteiger partial charge in [-0.05, 0) is 6.42 Å². The van der Waals surface area contributed by atoms with Crippen LogP contribution in [-0.4, -0.2) is 18.1 Å². The predicted octanol–water partition coefficient (Wildman–Crippen LogP) is 0.0655. The molecule has 0 rings (SSSR count). The molecule has 62 valence electrons. The highest BCUT2D eigenvalue weighted by Crippen LogP contribution is 1.82. The fourth-order valence-corrected chi connectivity index (χ4v) is 0.431. The molecular weight excluding hydrogens is 142 g/mol. The molecule has 0 spiro atoms. The molecule has 0 amide bonds. The summed E-state index contributed by atoms with van der Waals surface area (Å²) in [5.41, 5.74) is 10.0. The summed E-state index contributed by atoms with van der Waals surface area (Å²) in [5.74, 6) is -0.290. The molecule has 0 atom stereocenters. The molecule has 0 saturated carbocycles. The van der Waals surface area contributed by atoms with Crippen molar-refractivity contribution in [1.29, 1.82) is 5.41 Å². The summed E-state index contributed by atoms with van der Waals surface area (Å²) in [6.45, 7) is 2.02. The van der Waals surface area contributed by atoms with Gasteiger partial charge in [0.25, 0.3) is 0 Å². The maximum Gasteiger partial charge on any atom is 0.244 e. The van der Waals surface area contributed by atoms with Crippen molar-refractivity contribution in [3.05, 3.63) is 0 Å². The molecule has 0 aliphatic rings. The number of aliphatic imine (C=N–C) groups is 2. The number of guanidine groups is 2. The van der Waals surface area contributed by atoms with Gasteiger partial charge in [-0.25, -0.2) is 4.99 Å². The zero-order valence-corrected chi connectivity index (χ0v) is 6.54. The van der Waals surface area contributed by atoms with Gasteiger partial charge >= 0.3 is 0 Å². The first-order chi connectivity index (χ1) is 5.16. The Balaban J connectivity index is 3.78.